The molecule has 6 heteroatoms. The lowest BCUT2D eigenvalue weighted by Crippen LogP contribution is -2.26. The van der Waals surface area contributed by atoms with Crippen LogP contribution < -0.4 is 0 Å². The first kappa shape index (κ1) is 9.92. The van der Waals surface area contributed by atoms with Crippen LogP contribution >= 0.6 is 12.6 Å². The zero-order chi connectivity index (χ0) is 8.36. The number of thiol groups is 1. The van der Waals surface area contributed by atoms with Crippen LogP contribution in [-0.2, 0) is 9.59 Å². The van der Waals surface area contributed by atoms with Crippen LogP contribution in [0.2, 0.25) is 4.66 Å². The number of carbonyl (C=O) groups is 2. The number of carbonyl (C=O) groups excluding carboxylic acids is 1. The molecule has 0 aliphatic rings. The van der Waals surface area contributed by atoms with Gasteiger partial charge in [0.25, 0.3) is 0 Å². The molecular weight excluding hydrogens is 184 g/mol. The lowest BCUT2D eigenvalue weighted by Gasteiger charge is -2.15. The highest BCUT2D eigenvalue weighted by Crippen LogP contribution is 2.21. The molecule has 0 bridgehead atoms. The second-order valence-electron chi connectivity index (χ2n) is 2.76. The third kappa shape index (κ3) is 3.18. The molecule has 0 aliphatic carbocycles. The van der Waals surface area contributed by atoms with Gasteiger partial charge >= 0.3 is 5.97 Å². The molecule has 0 aromatic rings. The highest BCUT2D eigenvalue weighted by Gasteiger charge is 2.28. The molecule has 0 unspecified atom stereocenters. The standard InChI is InChI=1S/C4H10O3SSi2/c5-2(8)1-4(9,10)3(6)7/h1H2,9-10H3,(H,5,8)(H,6,7). The molecule has 0 atom stereocenters. The van der Waals surface area contributed by atoms with Crippen LogP contribution in [0.1, 0.15) is 6.42 Å². The largest absolute Gasteiger partial charge is 0.481 e. The summed E-state index contributed by atoms with van der Waals surface area (Å²) >= 11 is 3.53. The Morgan fingerprint density at radius 3 is 2.00 bits per heavy atom. The summed E-state index contributed by atoms with van der Waals surface area (Å²) in [7, 11) is 1.05. The Labute approximate surface area is 70.4 Å². The van der Waals surface area contributed by atoms with Gasteiger partial charge < -0.3 is 5.11 Å². The van der Waals surface area contributed by atoms with E-state index in [0.717, 1.165) is 0 Å². The Kier molecular flexibility index (Phi) is 3.33. The van der Waals surface area contributed by atoms with E-state index in [0.29, 0.717) is 20.5 Å². The molecule has 0 aromatic heterocycles. The Bertz CT molecular complexity index is 168. The van der Waals surface area contributed by atoms with Crippen molar-refractivity contribution < 1.29 is 14.7 Å². The maximum Gasteiger partial charge on any atom is 0.302 e. The van der Waals surface area contributed by atoms with Gasteiger partial charge in [0.1, 0.15) is 0 Å². The van der Waals surface area contributed by atoms with E-state index in [-0.39, 0.29) is 11.5 Å². The molecule has 58 valence electrons. The third-order valence-electron chi connectivity index (χ3n) is 1.17. The van der Waals surface area contributed by atoms with Crippen molar-refractivity contribution in [3.05, 3.63) is 0 Å². The van der Waals surface area contributed by atoms with Crippen LogP contribution in [0.15, 0.2) is 0 Å². The summed E-state index contributed by atoms with van der Waals surface area (Å²) in [6.07, 6.45) is 0.0872. The molecule has 0 aliphatic heterocycles. The Morgan fingerprint density at radius 1 is 1.50 bits per heavy atom. The van der Waals surface area contributed by atoms with Gasteiger partial charge in [-0.3, -0.25) is 9.59 Å². The zero-order valence-electron chi connectivity index (χ0n) is 5.92. The normalized spacial score (nSPS) is 16.5. The fourth-order valence-electron chi connectivity index (χ4n) is 0.454. The van der Waals surface area contributed by atoms with E-state index in [1.165, 1.54) is 0 Å². The zero-order valence-corrected chi connectivity index (χ0v) is 10.8. The first-order valence-electron chi connectivity index (χ1n) is 2.81. The van der Waals surface area contributed by atoms with Gasteiger partial charge in [-0.05, 0) is 0 Å². The molecule has 0 spiro atoms. The number of hydrogen-bond donors (Lipinski definition) is 2. The van der Waals surface area contributed by atoms with Crippen molar-refractivity contribution in [1.29, 1.82) is 0 Å². The van der Waals surface area contributed by atoms with Crippen molar-refractivity contribution in [3.8, 4) is 0 Å². The van der Waals surface area contributed by atoms with E-state index in [1.54, 1.807) is 0 Å². The number of aliphatic carboxylic acids is 1. The predicted molar refractivity (Wildman–Crippen MR) is 48.8 cm³/mol. The summed E-state index contributed by atoms with van der Waals surface area (Å²) in [6, 6.07) is 0. The first-order chi connectivity index (χ1) is 4.36. The highest BCUT2D eigenvalue weighted by atomic mass is 32.1. The van der Waals surface area contributed by atoms with Crippen molar-refractivity contribution in [1.82, 2.24) is 0 Å². The number of carboxylic acids is 1. The molecule has 3 nitrogen and oxygen atoms in total. The van der Waals surface area contributed by atoms with Crippen molar-refractivity contribution in [2.45, 2.75) is 11.1 Å². The maximum atomic E-state index is 10.4. The molecule has 0 aromatic carbocycles. The van der Waals surface area contributed by atoms with Gasteiger partial charge in [-0.2, -0.15) is 0 Å². The summed E-state index contributed by atoms with van der Waals surface area (Å²) in [6.45, 7) is 0. The molecule has 0 radical (unpaired) electrons. The Hall–Kier alpha value is -0.0762. The van der Waals surface area contributed by atoms with E-state index in [4.69, 9.17) is 5.11 Å². The molecule has 0 saturated carbocycles. The monoisotopic (exact) mass is 194 g/mol. The number of hydrogen-bond acceptors (Lipinski definition) is 2. The maximum absolute atomic E-state index is 10.4. The van der Waals surface area contributed by atoms with Crippen LogP contribution in [0.4, 0.5) is 0 Å². The lowest BCUT2D eigenvalue weighted by atomic mass is 10.3. The average Bonchev–Trinajstić information content (AvgIpc) is 1.60. The molecule has 10 heavy (non-hydrogen) atoms. The molecule has 0 fully saturated rings. The molecule has 0 rings (SSSR count). The molecule has 0 saturated heterocycles. The second-order valence-corrected chi connectivity index (χ2v) is 9.67. The molecular formula is C4H10O3SSi2. The van der Waals surface area contributed by atoms with Crippen molar-refractivity contribution in [3.63, 3.8) is 0 Å². The van der Waals surface area contributed by atoms with Gasteiger partial charge in [-0.25, -0.2) is 0 Å². The van der Waals surface area contributed by atoms with Gasteiger partial charge in [0.05, 0.1) is 0 Å². The van der Waals surface area contributed by atoms with E-state index >= 15 is 0 Å². The Morgan fingerprint density at radius 2 is 1.90 bits per heavy atom. The summed E-state index contributed by atoms with van der Waals surface area (Å²) in [5, 5.41) is 8.25. The predicted octanol–water partition coefficient (Wildman–Crippen LogP) is -2.24. The summed E-state index contributed by atoms with van der Waals surface area (Å²) in [5.41, 5.74) is 0. The smallest absolute Gasteiger partial charge is 0.302 e. The van der Waals surface area contributed by atoms with Crippen LogP contribution in [-0.4, -0.2) is 36.7 Å². The van der Waals surface area contributed by atoms with Crippen molar-refractivity contribution >= 4 is 44.2 Å². The number of carboxylic acid groups (broad SMARTS) is 1. The van der Waals surface area contributed by atoms with Crippen LogP contribution in [0, 0.1) is 0 Å². The Balaban J connectivity index is 4.13. The quantitative estimate of drug-likeness (QED) is 0.395. The minimum absolute atomic E-state index is 0.0872. The average molecular weight is 194 g/mol. The minimum atomic E-state index is -0.853. The molecule has 0 heterocycles. The van der Waals surface area contributed by atoms with Gasteiger partial charge in [-0.1, -0.05) is 0 Å². The summed E-state index contributed by atoms with van der Waals surface area (Å²) in [5.74, 6) is -0.853. The van der Waals surface area contributed by atoms with Crippen LogP contribution in [0.3, 0.4) is 0 Å². The lowest BCUT2D eigenvalue weighted by molar-refractivity contribution is -0.139. The van der Waals surface area contributed by atoms with Gasteiger partial charge in [0, 0.05) is 31.6 Å². The highest BCUT2D eigenvalue weighted by molar-refractivity contribution is 7.96. The topological polar surface area (TPSA) is 54.4 Å². The van der Waals surface area contributed by atoms with E-state index in [1.807, 2.05) is 0 Å². The SMILES string of the molecule is O=C(S)CC([SiH3])([SiH3])C(=O)O. The van der Waals surface area contributed by atoms with Gasteiger partial charge in [-0.15, -0.1) is 12.6 Å². The summed E-state index contributed by atoms with van der Waals surface area (Å²) in [4.78, 5) is 20.8. The van der Waals surface area contributed by atoms with Crippen molar-refractivity contribution in [2.24, 2.45) is 0 Å². The summed E-state index contributed by atoms with van der Waals surface area (Å²) < 4.78 is -0.709. The van der Waals surface area contributed by atoms with E-state index in [9.17, 15) is 9.59 Å². The molecule has 1 N–H and O–H groups in total. The van der Waals surface area contributed by atoms with Crippen LogP contribution in [0.5, 0.6) is 0 Å². The van der Waals surface area contributed by atoms with Crippen molar-refractivity contribution in [2.75, 3.05) is 0 Å². The van der Waals surface area contributed by atoms with E-state index < -0.39 is 10.6 Å². The first-order valence-corrected chi connectivity index (χ1v) is 5.26. The fraction of sp³-hybridized carbons (Fsp3) is 0.500. The van der Waals surface area contributed by atoms with Crippen LogP contribution in [0.25, 0.3) is 0 Å². The van der Waals surface area contributed by atoms with E-state index in [2.05, 4.69) is 12.6 Å². The minimum Gasteiger partial charge on any atom is -0.481 e. The van der Waals surface area contributed by atoms with Gasteiger partial charge in [0.15, 0.2) is 5.12 Å². The van der Waals surface area contributed by atoms with Gasteiger partial charge in [0.2, 0.25) is 0 Å². The third-order valence-corrected chi connectivity index (χ3v) is 2.89. The number of rotatable bonds is 3. The fourth-order valence-corrected chi connectivity index (χ4v) is 2.09. The second kappa shape index (κ2) is 3.35. The molecule has 0 amide bonds.